The van der Waals surface area contributed by atoms with Gasteiger partial charge in [-0.3, -0.25) is 4.79 Å². The molecule has 5 heteroatoms. The van der Waals surface area contributed by atoms with E-state index in [1.165, 1.54) is 30.0 Å². The van der Waals surface area contributed by atoms with Gasteiger partial charge >= 0.3 is 0 Å². The Morgan fingerprint density at radius 2 is 2.11 bits per heavy atom. The molecule has 2 aromatic rings. The molecule has 0 saturated heterocycles. The zero-order valence-corrected chi connectivity index (χ0v) is 11.5. The van der Waals surface area contributed by atoms with Crippen LogP contribution in [-0.2, 0) is 17.6 Å². The summed E-state index contributed by atoms with van der Waals surface area (Å²) in [6.07, 6.45) is 3.09. The number of amides is 1. The molecule has 0 aliphatic carbocycles. The van der Waals surface area contributed by atoms with Crippen molar-refractivity contribution in [2.24, 2.45) is 0 Å². The fourth-order valence-electron chi connectivity index (χ4n) is 1.68. The quantitative estimate of drug-likeness (QED) is 0.823. The number of benzene rings is 1. The third-order valence-corrected chi connectivity index (χ3v) is 3.46. The molecule has 0 bridgehead atoms. The lowest BCUT2D eigenvalue weighted by atomic mass is 10.1. The highest BCUT2D eigenvalue weighted by Gasteiger charge is 2.03. The molecule has 0 spiro atoms. The topological polar surface area (TPSA) is 65.8 Å². The second-order valence-electron chi connectivity index (χ2n) is 4.21. The molecule has 1 aromatic carbocycles. The predicted molar refractivity (Wildman–Crippen MR) is 78.2 cm³/mol. The van der Waals surface area contributed by atoms with Crippen LogP contribution in [0.3, 0.4) is 0 Å². The number of rotatable bonds is 5. The molecule has 1 aromatic heterocycles. The summed E-state index contributed by atoms with van der Waals surface area (Å²) in [7, 11) is 0. The molecule has 19 heavy (non-hydrogen) atoms. The average Bonchev–Trinajstić information content (AvgIpc) is 2.84. The first-order valence-corrected chi connectivity index (χ1v) is 6.87. The Balaban J connectivity index is 1.92. The van der Waals surface area contributed by atoms with Crippen molar-refractivity contribution >= 4 is 28.6 Å². The van der Waals surface area contributed by atoms with Crippen molar-refractivity contribution in [2.75, 3.05) is 5.32 Å². The zero-order valence-electron chi connectivity index (χ0n) is 10.6. The lowest BCUT2D eigenvalue weighted by Crippen LogP contribution is -2.05. The van der Waals surface area contributed by atoms with Crippen LogP contribution in [0.4, 0.5) is 5.13 Å². The van der Waals surface area contributed by atoms with Gasteiger partial charge in [0.2, 0.25) is 5.91 Å². The van der Waals surface area contributed by atoms with Crippen LogP contribution in [0.15, 0.2) is 29.6 Å². The fourth-order valence-corrected chi connectivity index (χ4v) is 2.47. The average molecular weight is 273 g/mol. The number of carbonyl (C=O) groups excluding carboxylic acids is 1. The summed E-state index contributed by atoms with van der Waals surface area (Å²) in [5.74, 6) is -0.0943. The molecule has 98 valence electrons. The van der Waals surface area contributed by atoms with E-state index in [0.29, 0.717) is 5.13 Å². The summed E-state index contributed by atoms with van der Waals surface area (Å²) in [5.41, 5.74) is 3.12. The minimum atomic E-state index is -0.0943. The van der Waals surface area contributed by atoms with E-state index < -0.39 is 0 Å². The molecule has 1 heterocycles. The van der Waals surface area contributed by atoms with E-state index in [-0.39, 0.29) is 5.91 Å². The molecule has 0 radical (unpaired) electrons. The Labute approximate surface area is 116 Å². The highest BCUT2D eigenvalue weighted by atomic mass is 32.1. The van der Waals surface area contributed by atoms with Crippen LogP contribution in [0, 0.1) is 5.41 Å². The first-order chi connectivity index (χ1) is 9.17. The van der Waals surface area contributed by atoms with Gasteiger partial charge in [0, 0.05) is 18.5 Å². The van der Waals surface area contributed by atoms with Crippen molar-refractivity contribution < 1.29 is 4.79 Å². The minimum absolute atomic E-state index is 0.0943. The number of nitrogens with zero attached hydrogens (tertiary/aromatic N) is 1. The molecule has 0 saturated carbocycles. The van der Waals surface area contributed by atoms with Gasteiger partial charge in [-0.25, -0.2) is 4.98 Å². The van der Waals surface area contributed by atoms with Crippen LogP contribution in [0.25, 0.3) is 0 Å². The first kappa shape index (κ1) is 13.4. The Morgan fingerprint density at radius 3 is 2.74 bits per heavy atom. The molecule has 0 atom stereocenters. The van der Waals surface area contributed by atoms with Gasteiger partial charge < -0.3 is 10.7 Å². The Bertz CT molecular complexity index is 575. The normalized spacial score (nSPS) is 10.2. The predicted octanol–water partition coefficient (Wildman–Crippen LogP) is 2.88. The first-order valence-electron chi connectivity index (χ1n) is 5.99. The van der Waals surface area contributed by atoms with E-state index in [0.717, 1.165) is 24.1 Å². The Hall–Kier alpha value is -2.01. The molecule has 1 amide bonds. The van der Waals surface area contributed by atoms with Gasteiger partial charge in [0.15, 0.2) is 5.13 Å². The summed E-state index contributed by atoms with van der Waals surface area (Å²) in [6.45, 7) is 1.48. The van der Waals surface area contributed by atoms with Crippen molar-refractivity contribution in [3.8, 4) is 0 Å². The lowest BCUT2D eigenvalue weighted by molar-refractivity contribution is -0.114. The maximum atomic E-state index is 10.9. The summed E-state index contributed by atoms with van der Waals surface area (Å²) in [4.78, 5) is 15.2. The maximum Gasteiger partial charge on any atom is 0.223 e. The molecule has 2 rings (SSSR count). The van der Waals surface area contributed by atoms with E-state index in [4.69, 9.17) is 5.41 Å². The van der Waals surface area contributed by atoms with Crippen molar-refractivity contribution in [1.82, 2.24) is 4.98 Å². The second kappa shape index (κ2) is 6.24. The van der Waals surface area contributed by atoms with Crippen LogP contribution in [0.5, 0.6) is 0 Å². The van der Waals surface area contributed by atoms with E-state index in [1.807, 2.05) is 29.6 Å². The molecule has 0 fully saturated rings. The number of thiazole rings is 1. The van der Waals surface area contributed by atoms with Gasteiger partial charge in [0.1, 0.15) is 0 Å². The van der Waals surface area contributed by atoms with E-state index in [2.05, 4.69) is 10.3 Å². The number of hydrogen-bond acceptors (Lipinski definition) is 4. The number of anilines is 1. The molecule has 0 unspecified atom stereocenters. The van der Waals surface area contributed by atoms with Crippen LogP contribution in [-0.4, -0.2) is 17.1 Å². The number of aromatic nitrogens is 1. The molecule has 2 N–H and O–H groups in total. The molecule has 0 aliphatic heterocycles. The summed E-state index contributed by atoms with van der Waals surface area (Å²) < 4.78 is 0. The van der Waals surface area contributed by atoms with Crippen molar-refractivity contribution in [1.29, 1.82) is 5.41 Å². The van der Waals surface area contributed by atoms with Crippen LogP contribution < -0.4 is 5.32 Å². The largest absolute Gasteiger partial charge is 0.308 e. The third kappa shape index (κ3) is 3.99. The Morgan fingerprint density at radius 1 is 1.37 bits per heavy atom. The monoisotopic (exact) mass is 273 g/mol. The smallest absolute Gasteiger partial charge is 0.223 e. The maximum absolute atomic E-state index is 10.9. The van der Waals surface area contributed by atoms with Crippen molar-refractivity contribution in [3.05, 3.63) is 46.5 Å². The SMILES string of the molecule is CC(=O)Nc1nc(CCc2ccc(C=N)cc2)cs1. The van der Waals surface area contributed by atoms with Crippen molar-refractivity contribution in [2.45, 2.75) is 19.8 Å². The van der Waals surface area contributed by atoms with Gasteiger partial charge in [-0.05, 0) is 24.0 Å². The van der Waals surface area contributed by atoms with Crippen LogP contribution in [0.1, 0.15) is 23.7 Å². The number of nitrogens with one attached hydrogen (secondary N) is 2. The number of aryl methyl sites for hydroxylation is 2. The van der Waals surface area contributed by atoms with E-state index in [1.54, 1.807) is 0 Å². The summed E-state index contributed by atoms with van der Waals surface area (Å²) in [6, 6.07) is 7.93. The standard InChI is InChI=1S/C14H15N3OS/c1-10(18)16-14-17-13(9-19-14)7-6-11-2-4-12(8-15)5-3-11/h2-5,8-9,15H,6-7H2,1H3,(H,16,17,18). The van der Waals surface area contributed by atoms with Crippen molar-refractivity contribution in [3.63, 3.8) is 0 Å². The van der Waals surface area contributed by atoms with E-state index >= 15 is 0 Å². The van der Waals surface area contributed by atoms with Gasteiger partial charge in [0.05, 0.1) is 5.69 Å². The second-order valence-corrected chi connectivity index (χ2v) is 5.07. The number of carbonyl (C=O) groups is 1. The number of hydrogen-bond donors (Lipinski definition) is 2. The van der Waals surface area contributed by atoms with Gasteiger partial charge in [-0.2, -0.15) is 0 Å². The van der Waals surface area contributed by atoms with E-state index in [9.17, 15) is 4.79 Å². The summed E-state index contributed by atoms with van der Waals surface area (Å²) in [5, 5.41) is 12.4. The Kier molecular flexibility index (Phi) is 4.41. The summed E-state index contributed by atoms with van der Waals surface area (Å²) >= 11 is 1.45. The molecule has 4 nitrogen and oxygen atoms in total. The van der Waals surface area contributed by atoms with Crippen LogP contribution in [0.2, 0.25) is 0 Å². The highest BCUT2D eigenvalue weighted by molar-refractivity contribution is 7.13. The fraction of sp³-hybridized carbons (Fsp3) is 0.214. The highest BCUT2D eigenvalue weighted by Crippen LogP contribution is 2.17. The third-order valence-electron chi connectivity index (χ3n) is 2.65. The van der Waals surface area contributed by atoms with Gasteiger partial charge in [-0.1, -0.05) is 24.3 Å². The zero-order chi connectivity index (χ0) is 13.7. The minimum Gasteiger partial charge on any atom is -0.308 e. The van der Waals surface area contributed by atoms with Gasteiger partial charge in [0.25, 0.3) is 0 Å². The molecular formula is C14H15N3OS. The molecular weight excluding hydrogens is 258 g/mol. The molecule has 0 aliphatic rings. The van der Waals surface area contributed by atoms with Crippen LogP contribution >= 0.6 is 11.3 Å². The lowest BCUT2D eigenvalue weighted by Gasteiger charge is -2.00. The van der Waals surface area contributed by atoms with Gasteiger partial charge in [-0.15, -0.1) is 11.3 Å².